The number of benzene rings is 1. The molecule has 1 fully saturated rings. The third kappa shape index (κ3) is 2.50. The molecule has 4 heteroatoms. The molecule has 0 N–H and O–H groups in total. The maximum atomic E-state index is 5.71. The van der Waals surface area contributed by atoms with E-state index in [0.29, 0.717) is 22.4 Å². The van der Waals surface area contributed by atoms with Gasteiger partial charge in [0.05, 0.1) is 16.7 Å². The van der Waals surface area contributed by atoms with Crippen molar-refractivity contribution in [1.82, 2.24) is 0 Å². The van der Waals surface area contributed by atoms with E-state index >= 15 is 0 Å². The molecular formula is C9H6Cl2O2. The van der Waals surface area contributed by atoms with E-state index in [1.807, 2.05) is 0 Å². The minimum absolute atomic E-state index is 0.225. The van der Waals surface area contributed by atoms with Crippen LogP contribution in [0.2, 0.25) is 10.0 Å². The SMILES string of the molecule is Clc1[c]cc(OCC2CO2)[c]c1Cl. The maximum Gasteiger partial charge on any atom is 0.129 e. The Kier molecular flexibility index (Phi) is 2.63. The highest BCUT2D eigenvalue weighted by molar-refractivity contribution is 6.41. The van der Waals surface area contributed by atoms with Crippen molar-refractivity contribution in [2.24, 2.45) is 0 Å². The second-order valence-electron chi connectivity index (χ2n) is 2.67. The van der Waals surface area contributed by atoms with Crippen molar-refractivity contribution < 1.29 is 9.47 Å². The van der Waals surface area contributed by atoms with Crippen LogP contribution in [0, 0.1) is 12.1 Å². The molecule has 1 saturated heterocycles. The molecule has 1 heterocycles. The summed E-state index contributed by atoms with van der Waals surface area (Å²) in [5.41, 5.74) is 0. The Labute approximate surface area is 86.4 Å². The molecule has 0 spiro atoms. The van der Waals surface area contributed by atoms with Gasteiger partial charge in [-0.05, 0) is 6.07 Å². The van der Waals surface area contributed by atoms with Crippen molar-refractivity contribution in [1.29, 1.82) is 0 Å². The molecule has 2 nitrogen and oxygen atoms in total. The van der Waals surface area contributed by atoms with Gasteiger partial charge in [0.15, 0.2) is 0 Å². The molecule has 1 aliphatic heterocycles. The van der Waals surface area contributed by atoms with Crippen molar-refractivity contribution in [3.8, 4) is 5.75 Å². The average molecular weight is 217 g/mol. The summed E-state index contributed by atoms with van der Waals surface area (Å²) >= 11 is 11.4. The Morgan fingerprint density at radius 1 is 1.54 bits per heavy atom. The van der Waals surface area contributed by atoms with E-state index in [9.17, 15) is 0 Å². The van der Waals surface area contributed by atoms with Gasteiger partial charge < -0.3 is 9.47 Å². The fourth-order valence-electron chi connectivity index (χ4n) is 0.816. The molecule has 1 aliphatic rings. The van der Waals surface area contributed by atoms with Crippen LogP contribution in [0.3, 0.4) is 0 Å². The van der Waals surface area contributed by atoms with Crippen molar-refractivity contribution in [2.45, 2.75) is 6.10 Å². The molecular weight excluding hydrogens is 211 g/mol. The van der Waals surface area contributed by atoms with Crippen molar-refractivity contribution in [3.63, 3.8) is 0 Å². The number of rotatable bonds is 3. The van der Waals surface area contributed by atoms with Gasteiger partial charge in [0.2, 0.25) is 0 Å². The summed E-state index contributed by atoms with van der Waals surface area (Å²) in [5, 5.41) is 0.688. The van der Waals surface area contributed by atoms with E-state index in [1.165, 1.54) is 0 Å². The van der Waals surface area contributed by atoms with Gasteiger partial charge in [0, 0.05) is 12.1 Å². The smallest absolute Gasteiger partial charge is 0.129 e. The zero-order chi connectivity index (χ0) is 9.26. The molecule has 1 aromatic carbocycles. The summed E-state index contributed by atoms with van der Waals surface area (Å²) < 4.78 is 10.3. The monoisotopic (exact) mass is 216 g/mol. The largest absolute Gasteiger partial charge is 0.490 e. The summed E-state index contributed by atoms with van der Waals surface area (Å²) in [4.78, 5) is 0. The normalized spacial score (nSPS) is 20.0. The second kappa shape index (κ2) is 3.74. The van der Waals surface area contributed by atoms with Gasteiger partial charge in [0.25, 0.3) is 0 Å². The lowest BCUT2D eigenvalue weighted by atomic mass is 10.3. The minimum atomic E-state index is 0.225. The standard InChI is InChI=1S/C9H6Cl2O2/c10-8-2-1-6(3-9(8)11)12-4-7-5-13-7/h1,7H,4-5H2. The second-order valence-corrected chi connectivity index (χ2v) is 3.43. The molecule has 1 aromatic rings. The van der Waals surface area contributed by atoms with E-state index in [1.54, 1.807) is 6.07 Å². The first kappa shape index (κ1) is 9.13. The van der Waals surface area contributed by atoms with E-state index in [4.69, 9.17) is 32.7 Å². The van der Waals surface area contributed by atoms with Crippen LogP contribution in [0.25, 0.3) is 0 Å². The zero-order valence-electron chi connectivity index (χ0n) is 6.64. The molecule has 0 aromatic heterocycles. The van der Waals surface area contributed by atoms with Gasteiger partial charge in [-0.3, -0.25) is 0 Å². The predicted octanol–water partition coefficient (Wildman–Crippen LogP) is 2.37. The summed E-state index contributed by atoms with van der Waals surface area (Å²) in [6.07, 6.45) is 0.225. The number of epoxide rings is 1. The molecule has 1 atom stereocenters. The topological polar surface area (TPSA) is 21.8 Å². The van der Waals surface area contributed by atoms with Crippen LogP contribution in [-0.4, -0.2) is 19.3 Å². The lowest BCUT2D eigenvalue weighted by Crippen LogP contribution is -2.03. The van der Waals surface area contributed by atoms with E-state index < -0.39 is 0 Å². The highest BCUT2D eigenvalue weighted by atomic mass is 35.5. The van der Waals surface area contributed by atoms with Crippen molar-refractivity contribution in [3.05, 3.63) is 28.2 Å². The number of hydrogen-bond donors (Lipinski definition) is 0. The third-order valence-electron chi connectivity index (χ3n) is 1.58. The van der Waals surface area contributed by atoms with Gasteiger partial charge in [0.1, 0.15) is 18.5 Å². The Balaban J connectivity index is 1.98. The van der Waals surface area contributed by atoms with Gasteiger partial charge in [-0.25, -0.2) is 0 Å². The van der Waals surface area contributed by atoms with Crippen LogP contribution in [0.1, 0.15) is 0 Å². The predicted molar refractivity (Wildman–Crippen MR) is 49.4 cm³/mol. The van der Waals surface area contributed by atoms with Gasteiger partial charge >= 0.3 is 0 Å². The number of hydrogen-bond acceptors (Lipinski definition) is 2. The first-order valence-corrected chi connectivity index (χ1v) is 4.54. The first-order chi connectivity index (χ1) is 6.25. The van der Waals surface area contributed by atoms with Crippen LogP contribution in [-0.2, 0) is 4.74 Å². The van der Waals surface area contributed by atoms with Crippen molar-refractivity contribution >= 4 is 23.2 Å². The van der Waals surface area contributed by atoms with Crippen LogP contribution >= 0.6 is 23.2 Å². The molecule has 68 valence electrons. The van der Waals surface area contributed by atoms with Crippen molar-refractivity contribution in [2.75, 3.05) is 13.2 Å². The molecule has 13 heavy (non-hydrogen) atoms. The third-order valence-corrected chi connectivity index (χ3v) is 2.26. The summed E-state index contributed by atoms with van der Waals surface area (Å²) in [6.45, 7) is 1.30. The first-order valence-electron chi connectivity index (χ1n) is 3.79. The van der Waals surface area contributed by atoms with Gasteiger partial charge in [-0.2, -0.15) is 0 Å². The highest BCUT2D eigenvalue weighted by Crippen LogP contribution is 2.25. The summed E-state index contributed by atoms with van der Waals surface area (Å²) in [7, 11) is 0. The molecule has 2 radical (unpaired) electrons. The molecule has 0 saturated carbocycles. The average Bonchev–Trinajstić information content (AvgIpc) is 2.91. The molecule has 0 bridgehead atoms. The Hall–Kier alpha value is -0.440. The zero-order valence-corrected chi connectivity index (χ0v) is 8.15. The van der Waals surface area contributed by atoms with Crippen LogP contribution in [0.5, 0.6) is 5.75 Å². The fraction of sp³-hybridized carbons (Fsp3) is 0.333. The van der Waals surface area contributed by atoms with E-state index in [0.717, 1.165) is 6.61 Å². The Bertz CT molecular complexity index is 310. The van der Waals surface area contributed by atoms with E-state index in [2.05, 4.69) is 12.1 Å². The Morgan fingerprint density at radius 3 is 2.92 bits per heavy atom. The molecule has 0 aliphatic carbocycles. The van der Waals surface area contributed by atoms with E-state index in [-0.39, 0.29) is 6.10 Å². The Morgan fingerprint density at radius 2 is 2.31 bits per heavy atom. The molecule has 0 amide bonds. The summed E-state index contributed by atoms with van der Waals surface area (Å²) in [5.74, 6) is 0.546. The number of halogens is 2. The minimum Gasteiger partial charge on any atom is -0.490 e. The van der Waals surface area contributed by atoms with Crippen LogP contribution < -0.4 is 4.74 Å². The molecule has 2 rings (SSSR count). The van der Waals surface area contributed by atoms with Gasteiger partial charge in [-0.1, -0.05) is 23.2 Å². The number of ether oxygens (including phenoxy) is 2. The lowest BCUT2D eigenvalue weighted by Gasteiger charge is -2.03. The molecule has 1 unspecified atom stereocenters. The maximum absolute atomic E-state index is 5.71. The van der Waals surface area contributed by atoms with Crippen LogP contribution in [0.15, 0.2) is 6.07 Å². The quantitative estimate of drug-likeness (QED) is 0.725. The van der Waals surface area contributed by atoms with Crippen LogP contribution in [0.4, 0.5) is 0 Å². The summed E-state index contributed by atoms with van der Waals surface area (Å²) in [6, 6.07) is 7.14. The lowest BCUT2D eigenvalue weighted by molar-refractivity contribution is 0.262. The highest BCUT2D eigenvalue weighted by Gasteiger charge is 2.23. The fourth-order valence-corrected chi connectivity index (χ4v) is 1.07. The van der Waals surface area contributed by atoms with Gasteiger partial charge in [-0.15, -0.1) is 0 Å².